The van der Waals surface area contributed by atoms with E-state index in [0.717, 1.165) is 25.8 Å². The number of hydrogen-bond donors (Lipinski definition) is 2. The molecule has 2 fully saturated rings. The van der Waals surface area contributed by atoms with Crippen molar-refractivity contribution in [1.82, 2.24) is 10.2 Å². The molecule has 2 saturated heterocycles. The fourth-order valence-corrected chi connectivity index (χ4v) is 3.15. The summed E-state index contributed by atoms with van der Waals surface area (Å²) in [5.74, 6) is 1.06. The number of piperidine rings is 2. The largest absolute Gasteiger partial charge is 0.353 e. The highest BCUT2D eigenvalue weighted by atomic mass is 16.2. The lowest BCUT2D eigenvalue weighted by Gasteiger charge is -2.42. The van der Waals surface area contributed by atoms with E-state index in [9.17, 15) is 9.59 Å². The molecule has 5 heteroatoms. The lowest BCUT2D eigenvalue weighted by Crippen LogP contribution is -2.57. The van der Waals surface area contributed by atoms with Crippen LogP contribution in [0.4, 0.5) is 0 Å². The van der Waals surface area contributed by atoms with Gasteiger partial charge in [-0.2, -0.15) is 0 Å². The van der Waals surface area contributed by atoms with Gasteiger partial charge in [-0.05, 0) is 31.1 Å². The molecule has 0 saturated carbocycles. The second kappa shape index (κ2) is 5.90. The molecule has 2 aliphatic rings. The second-order valence-electron chi connectivity index (χ2n) is 6.28. The van der Waals surface area contributed by atoms with Gasteiger partial charge in [0.05, 0.1) is 6.04 Å². The lowest BCUT2D eigenvalue weighted by molar-refractivity contribution is -0.136. The van der Waals surface area contributed by atoms with Gasteiger partial charge in [0, 0.05) is 25.6 Å². The van der Waals surface area contributed by atoms with Crippen molar-refractivity contribution in [1.29, 1.82) is 0 Å². The van der Waals surface area contributed by atoms with Crippen LogP contribution in [0.3, 0.4) is 0 Å². The van der Waals surface area contributed by atoms with Crippen LogP contribution in [0.15, 0.2) is 0 Å². The molecule has 0 bridgehead atoms. The molecule has 0 aromatic heterocycles. The number of hydrogen-bond acceptors (Lipinski definition) is 3. The van der Waals surface area contributed by atoms with Crippen LogP contribution in [-0.2, 0) is 9.59 Å². The maximum absolute atomic E-state index is 12.3. The number of nitrogens with zero attached hydrogens (tertiary/aromatic N) is 1. The van der Waals surface area contributed by atoms with Crippen molar-refractivity contribution in [3.05, 3.63) is 0 Å². The average molecular weight is 267 g/mol. The topological polar surface area (TPSA) is 75.4 Å². The summed E-state index contributed by atoms with van der Waals surface area (Å²) < 4.78 is 0. The molecule has 3 N–H and O–H groups in total. The van der Waals surface area contributed by atoms with Crippen molar-refractivity contribution in [2.24, 2.45) is 17.6 Å². The summed E-state index contributed by atoms with van der Waals surface area (Å²) in [7, 11) is 0. The minimum atomic E-state index is -0.380. The van der Waals surface area contributed by atoms with E-state index in [1.807, 2.05) is 4.90 Å². The normalized spacial score (nSPS) is 28.8. The maximum Gasteiger partial charge on any atom is 0.239 e. The van der Waals surface area contributed by atoms with Gasteiger partial charge >= 0.3 is 0 Å². The van der Waals surface area contributed by atoms with E-state index in [1.54, 1.807) is 0 Å². The van der Waals surface area contributed by atoms with Gasteiger partial charge in [-0.1, -0.05) is 13.8 Å². The first-order valence-corrected chi connectivity index (χ1v) is 7.31. The molecule has 0 spiro atoms. The highest BCUT2D eigenvalue weighted by Crippen LogP contribution is 2.25. The van der Waals surface area contributed by atoms with Crippen LogP contribution in [0.5, 0.6) is 0 Å². The number of likely N-dealkylation sites (tertiary alicyclic amines) is 1. The molecule has 2 amide bonds. The number of rotatable bonds is 3. The summed E-state index contributed by atoms with van der Waals surface area (Å²) in [5.41, 5.74) is 5.98. The fourth-order valence-electron chi connectivity index (χ4n) is 3.15. The molecule has 2 rings (SSSR count). The van der Waals surface area contributed by atoms with E-state index in [4.69, 9.17) is 5.73 Å². The molecule has 3 atom stereocenters. The first kappa shape index (κ1) is 14.3. The number of amides is 2. The third-order valence-corrected chi connectivity index (χ3v) is 4.18. The summed E-state index contributed by atoms with van der Waals surface area (Å²) in [6, 6.07) is -0.124. The molecule has 0 radical (unpaired) electrons. The highest BCUT2D eigenvalue weighted by molar-refractivity contribution is 5.82. The van der Waals surface area contributed by atoms with Gasteiger partial charge in [-0.3, -0.25) is 9.59 Å². The Morgan fingerprint density at radius 3 is 2.89 bits per heavy atom. The Morgan fingerprint density at radius 1 is 1.47 bits per heavy atom. The zero-order valence-corrected chi connectivity index (χ0v) is 11.9. The third-order valence-electron chi connectivity index (χ3n) is 4.18. The standard InChI is InChI=1S/C14H25N3O2/c1-9(2)7-11(15)14(19)17-6-5-12-10(8-17)3-4-13(18)16-12/h9-12H,3-8,15H2,1-2H3,(H,16,18)/t10?,11-,12?/m1/s1. The smallest absolute Gasteiger partial charge is 0.239 e. The van der Waals surface area contributed by atoms with Gasteiger partial charge in [-0.25, -0.2) is 0 Å². The third kappa shape index (κ3) is 3.47. The highest BCUT2D eigenvalue weighted by Gasteiger charge is 2.36. The minimum absolute atomic E-state index is 0.0732. The van der Waals surface area contributed by atoms with Crippen LogP contribution >= 0.6 is 0 Å². The summed E-state index contributed by atoms with van der Waals surface area (Å²) >= 11 is 0. The monoisotopic (exact) mass is 267 g/mol. The first-order valence-electron chi connectivity index (χ1n) is 7.31. The van der Waals surface area contributed by atoms with Crippen LogP contribution in [0, 0.1) is 11.8 Å². The van der Waals surface area contributed by atoms with Gasteiger partial charge in [0.1, 0.15) is 0 Å². The summed E-state index contributed by atoms with van der Waals surface area (Å²) in [6.07, 6.45) is 3.07. The van der Waals surface area contributed by atoms with Crippen molar-refractivity contribution < 1.29 is 9.59 Å². The first-order chi connectivity index (χ1) is 8.97. The van der Waals surface area contributed by atoms with E-state index in [-0.39, 0.29) is 23.9 Å². The van der Waals surface area contributed by atoms with Crippen LogP contribution in [0.1, 0.15) is 39.5 Å². The molecule has 19 heavy (non-hydrogen) atoms. The lowest BCUT2D eigenvalue weighted by atomic mass is 9.85. The molecule has 2 unspecified atom stereocenters. The zero-order valence-electron chi connectivity index (χ0n) is 11.9. The summed E-state index contributed by atoms with van der Waals surface area (Å²) in [5, 5.41) is 3.03. The van der Waals surface area contributed by atoms with E-state index in [2.05, 4.69) is 19.2 Å². The number of carbonyl (C=O) groups excluding carboxylic acids is 2. The molecule has 0 aromatic carbocycles. The predicted molar refractivity (Wildman–Crippen MR) is 73.3 cm³/mol. The predicted octanol–water partition coefficient (Wildman–Crippen LogP) is 0.487. The SMILES string of the molecule is CC(C)C[C@@H](N)C(=O)N1CCC2NC(=O)CCC2C1. The Labute approximate surface area is 114 Å². The fraction of sp³-hybridized carbons (Fsp3) is 0.857. The molecule has 2 aliphatic heterocycles. The van der Waals surface area contributed by atoms with Gasteiger partial charge < -0.3 is 16.0 Å². The Morgan fingerprint density at radius 2 is 2.21 bits per heavy atom. The number of carbonyl (C=O) groups is 2. The Bertz CT molecular complexity index is 357. The molecule has 5 nitrogen and oxygen atoms in total. The van der Waals surface area contributed by atoms with Gasteiger partial charge in [0.15, 0.2) is 0 Å². The van der Waals surface area contributed by atoms with Crippen LogP contribution in [0.2, 0.25) is 0 Å². The van der Waals surface area contributed by atoms with E-state index >= 15 is 0 Å². The molecule has 0 aromatic rings. The van der Waals surface area contributed by atoms with E-state index < -0.39 is 0 Å². The van der Waals surface area contributed by atoms with Gasteiger partial charge in [-0.15, -0.1) is 0 Å². The average Bonchev–Trinajstić information content (AvgIpc) is 2.36. The maximum atomic E-state index is 12.3. The number of fused-ring (bicyclic) bond motifs is 1. The number of nitrogens with one attached hydrogen (secondary N) is 1. The molecule has 0 aliphatic carbocycles. The van der Waals surface area contributed by atoms with Crippen molar-refractivity contribution in [3.63, 3.8) is 0 Å². The van der Waals surface area contributed by atoms with Gasteiger partial charge in [0.25, 0.3) is 0 Å². The number of nitrogens with two attached hydrogens (primary N) is 1. The molecule has 108 valence electrons. The Balaban J connectivity index is 1.90. The molecular weight excluding hydrogens is 242 g/mol. The van der Waals surface area contributed by atoms with Crippen molar-refractivity contribution in [2.75, 3.05) is 13.1 Å². The summed E-state index contributed by atoms with van der Waals surface area (Å²) in [6.45, 7) is 5.62. The second-order valence-corrected chi connectivity index (χ2v) is 6.28. The summed E-state index contributed by atoms with van der Waals surface area (Å²) in [4.78, 5) is 25.5. The Kier molecular flexibility index (Phi) is 4.45. The van der Waals surface area contributed by atoms with Crippen LogP contribution in [0.25, 0.3) is 0 Å². The van der Waals surface area contributed by atoms with Crippen molar-refractivity contribution >= 4 is 11.8 Å². The van der Waals surface area contributed by atoms with Crippen molar-refractivity contribution in [3.8, 4) is 0 Å². The zero-order chi connectivity index (χ0) is 14.0. The van der Waals surface area contributed by atoms with Crippen LogP contribution in [-0.4, -0.2) is 41.9 Å². The van der Waals surface area contributed by atoms with Crippen LogP contribution < -0.4 is 11.1 Å². The van der Waals surface area contributed by atoms with E-state index in [0.29, 0.717) is 24.8 Å². The Hall–Kier alpha value is -1.10. The quantitative estimate of drug-likeness (QED) is 0.781. The van der Waals surface area contributed by atoms with E-state index in [1.165, 1.54) is 0 Å². The molecular formula is C14H25N3O2. The van der Waals surface area contributed by atoms with Gasteiger partial charge in [0.2, 0.25) is 11.8 Å². The molecule has 2 heterocycles. The van der Waals surface area contributed by atoms with Crippen molar-refractivity contribution in [2.45, 2.75) is 51.6 Å². The minimum Gasteiger partial charge on any atom is -0.353 e.